The number of nitrogens with zero attached hydrogens (tertiary/aromatic N) is 2. The Kier molecular flexibility index (Phi) is 2.35. The Labute approximate surface area is 78.6 Å². The fourth-order valence-corrected chi connectivity index (χ4v) is 1.26. The van der Waals surface area contributed by atoms with Gasteiger partial charge in [0, 0.05) is 6.08 Å². The van der Waals surface area contributed by atoms with Crippen LogP contribution in [0.3, 0.4) is 0 Å². The highest BCUT2D eigenvalue weighted by atomic mass is 16.7. The highest BCUT2D eigenvalue weighted by Crippen LogP contribution is 2.31. The lowest BCUT2D eigenvalue weighted by Gasteiger charge is -2.22. The Morgan fingerprint density at radius 1 is 1.50 bits per heavy atom. The van der Waals surface area contributed by atoms with Crippen LogP contribution in [0.2, 0.25) is 0 Å². The average Bonchev–Trinajstić information content (AvgIpc) is 2.08. The number of rotatable bonds is 2. The lowest BCUT2D eigenvalue weighted by Crippen LogP contribution is -2.48. The molecule has 0 bridgehead atoms. The SMILES string of the molecule is CC1C=CC=C([N+](=O)[O-])C1(O)[N+](=O)[O-]. The molecule has 0 heterocycles. The molecule has 7 heteroatoms. The van der Waals surface area contributed by atoms with Gasteiger partial charge < -0.3 is 5.11 Å². The standard InChI is InChI=1S/C7H8N2O5/c1-5-3-2-4-6(8(11)12)7(5,10)9(13)14/h2-5,10H,1H3. The van der Waals surface area contributed by atoms with E-state index in [0.717, 1.165) is 6.08 Å². The third-order valence-corrected chi connectivity index (χ3v) is 2.14. The van der Waals surface area contributed by atoms with E-state index in [1.165, 1.54) is 19.1 Å². The summed E-state index contributed by atoms with van der Waals surface area (Å²) in [5.41, 5.74) is -3.43. The molecule has 0 saturated heterocycles. The summed E-state index contributed by atoms with van der Waals surface area (Å²) in [6.45, 7) is 1.34. The Morgan fingerprint density at radius 2 is 2.07 bits per heavy atom. The summed E-state index contributed by atoms with van der Waals surface area (Å²) in [5.74, 6) is -0.928. The van der Waals surface area contributed by atoms with E-state index in [-0.39, 0.29) is 0 Å². The van der Waals surface area contributed by atoms with Gasteiger partial charge in [-0.25, -0.2) is 0 Å². The zero-order valence-electron chi connectivity index (χ0n) is 7.28. The van der Waals surface area contributed by atoms with Crippen molar-refractivity contribution in [1.82, 2.24) is 0 Å². The molecule has 1 N–H and O–H groups in total. The molecular weight excluding hydrogens is 192 g/mol. The summed E-state index contributed by atoms with van der Waals surface area (Å²) >= 11 is 0. The second kappa shape index (κ2) is 3.18. The number of aliphatic hydroxyl groups is 1. The van der Waals surface area contributed by atoms with E-state index < -0.39 is 27.2 Å². The van der Waals surface area contributed by atoms with Gasteiger partial charge in [-0.15, -0.1) is 0 Å². The van der Waals surface area contributed by atoms with Gasteiger partial charge >= 0.3 is 11.4 Å². The molecule has 7 nitrogen and oxygen atoms in total. The van der Waals surface area contributed by atoms with Crippen LogP contribution in [0.5, 0.6) is 0 Å². The lowest BCUT2D eigenvalue weighted by molar-refractivity contribution is -0.652. The van der Waals surface area contributed by atoms with Gasteiger partial charge in [-0.05, 0) is 6.92 Å². The minimum Gasteiger partial charge on any atom is -0.321 e. The summed E-state index contributed by atoms with van der Waals surface area (Å²) in [5, 5.41) is 30.6. The first-order chi connectivity index (χ1) is 6.40. The van der Waals surface area contributed by atoms with Crippen LogP contribution in [-0.4, -0.2) is 20.7 Å². The number of nitro groups is 2. The Balaban J connectivity index is 3.25. The van der Waals surface area contributed by atoms with Gasteiger partial charge in [0.15, 0.2) is 0 Å². The van der Waals surface area contributed by atoms with Crippen molar-refractivity contribution < 1.29 is 15.0 Å². The van der Waals surface area contributed by atoms with Crippen LogP contribution in [-0.2, 0) is 0 Å². The first kappa shape index (κ1) is 10.3. The highest BCUT2D eigenvalue weighted by Gasteiger charge is 2.58. The second-order valence-corrected chi connectivity index (χ2v) is 2.97. The number of allylic oxidation sites excluding steroid dienone is 2. The molecule has 0 radical (unpaired) electrons. The first-order valence-electron chi connectivity index (χ1n) is 3.81. The predicted octanol–water partition coefficient (Wildman–Crippen LogP) is 0.318. The third kappa shape index (κ3) is 1.27. The van der Waals surface area contributed by atoms with Crippen LogP contribution in [0, 0.1) is 26.1 Å². The van der Waals surface area contributed by atoms with E-state index in [2.05, 4.69) is 0 Å². The quantitative estimate of drug-likeness (QED) is 0.392. The van der Waals surface area contributed by atoms with Crippen LogP contribution in [0.4, 0.5) is 0 Å². The van der Waals surface area contributed by atoms with Crippen molar-refractivity contribution in [3.63, 3.8) is 0 Å². The molecule has 0 aromatic carbocycles. The summed E-state index contributed by atoms with van der Waals surface area (Å²) in [6.07, 6.45) is 3.60. The van der Waals surface area contributed by atoms with Crippen molar-refractivity contribution in [2.75, 3.05) is 0 Å². The van der Waals surface area contributed by atoms with E-state index in [1.54, 1.807) is 0 Å². The van der Waals surface area contributed by atoms with Gasteiger partial charge in [-0.1, -0.05) is 12.2 Å². The Morgan fingerprint density at radius 3 is 2.43 bits per heavy atom. The molecule has 0 aromatic heterocycles. The van der Waals surface area contributed by atoms with Gasteiger partial charge in [0.25, 0.3) is 0 Å². The largest absolute Gasteiger partial charge is 0.418 e. The zero-order valence-corrected chi connectivity index (χ0v) is 7.28. The molecule has 0 saturated carbocycles. The predicted molar refractivity (Wildman–Crippen MR) is 45.3 cm³/mol. The topological polar surface area (TPSA) is 107 Å². The van der Waals surface area contributed by atoms with Crippen molar-refractivity contribution in [2.24, 2.45) is 5.92 Å². The first-order valence-corrected chi connectivity index (χ1v) is 3.81. The number of hydrogen-bond acceptors (Lipinski definition) is 5. The third-order valence-electron chi connectivity index (χ3n) is 2.14. The molecule has 0 aliphatic heterocycles. The maximum absolute atomic E-state index is 10.6. The summed E-state index contributed by atoms with van der Waals surface area (Å²) in [4.78, 5) is 19.0. The second-order valence-electron chi connectivity index (χ2n) is 2.97. The molecule has 2 atom stereocenters. The smallest absolute Gasteiger partial charge is 0.321 e. The van der Waals surface area contributed by atoms with E-state index in [1.807, 2.05) is 0 Å². The van der Waals surface area contributed by atoms with Crippen molar-refractivity contribution in [3.05, 3.63) is 44.2 Å². The van der Waals surface area contributed by atoms with Crippen molar-refractivity contribution >= 4 is 0 Å². The van der Waals surface area contributed by atoms with Gasteiger partial charge in [-0.2, -0.15) is 0 Å². The molecule has 0 spiro atoms. The van der Waals surface area contributed by atoms with E-state index in [0.29, 0.717) is 0 Å². The van der Waals surface area contributed by atoms with E-state index in [9.17, 15) is 25.3 Å². The lowest BCUT2D eigenvalue weighted by atomic mass is 9.90. The van der Waals surface area contributed by atoms with Crippen molar-refractivity contribution in [1.29, 1.82) is 0 Å². The fourth-order valence-electron chi connectivity index (χ4n) is 1.26. The summed E-state index contributed by atoms with van der Waals surface area (Å²) < 4.78 is 0. The van der Waals surface area contributed by atoms with Crippen LogP contribution in [0.25, 0.3) is 0 Å². The number of hydrogen-bond donors (Lipinski definition) is 1. The van der Waals surface area contributed by atoms with Crippen LogP contribution in [0.1, 0.15) is 6.92 Å². The maximum atomic E-state index is 10.6. The maximum Gasteiger partial charge on any atom is 0.418 e. The molecule has 14 heavy (non-hydrogen) atoms. The van der Waals surface area contributed by atoms with Gasteiger partial charge in [0.1, 0.15) is 0 Å². The fraction of sp³-hybridized carbons (Fsp3) is 0.429. The minimum absolute atomic E-state index is 0.808. The zero-order chi connectivity index (χ0) is 10.9. The monoisotopic (exact) mass is 200 g/mol. The molecule has 76 valence electrons. The molecule has 0 fully saturated rings. The Hall–Kier alpha value is -1.76. The highest BCUT2D eigenvalue weighted by molar-refractivity contribution is 5.22. The van der Waals surface area contributed by atoms with Gasteiger partial charge in [-0.3, -0.25) is 20.2 Å². The summed E-state index contributed by atoms with van der Waals surface area (Å²) in [6, 6.07) is 0. The summed E-state index contributed by atoms with van der Waals surface area (Å²) in [7, 11) is 0. The average molecular weight is 200 g/mol. The van der Waals surface area contributed by atoms with Crippen LogP contribution >= 0.6 is 0 Å². The Bertz CT molecular complexity index is 348. The molecule has 0 aromatic rings. The molecular formula is C7H8N2O5. The van der Waals surface area contributed by atoms with Crippen molar-refractivity contribution in [3.8, 4) is 0 Å². The van der Waals surface area contributed by atoms with Crippen LogP contribution in [0.15, 0.2) is 23.9 Å². The molecule has 0 amide bonds. The molecule has 1 aliphatic rings. The van der Waals surface area contributed by atoms with Crippen molar-refractivity contribution in [2.45, 2.75) is 12.6 Å². The van der Waals surface area contributed by atoms with E-state index >= 15 is 0 Å². The van der Waals surface area contributed by atoms with Gasteiger partial charge in [0.2, 0.25) is 0 Å². The minimum atomic E-state index is -2.63. The molecule has 2 unspecified atom stereocenters. The van der Waals surface area contributed by atoms with E-state index in [4.69, 9.17) is 0 Å². The molecule has 1 aliphatic carbocycles. The normalized spacial score (nSPS) is 31.0. The van der Waals surface area contributed by atoms with Crippen LogP contribution < -0.4 is 0 Å². The van der Waals surface area contributed by atoms with Gasteiger partial charge in [0.05, 0.1) is 15.8 Å². The molecule has 1 rings (SSSR count).